The molecule has 0 aliphatic carbocycles. The minimum absolute atomic E-state index is 0.0500. The van der Waals surface area contributed by atoms with E-state index in [4.69, 9.17) is 5.11 Å². The van der Waals surface area contributed by atoms with Crippen molar-refractivity contribution in [2.75, 3.05) is 23.3 Å². The molecule has 28 heavy (non-hydrogen) atoms. The summed E-state index contributed by atoms with van der Waals surface area (Å²) in [5, 5.41) is 27.6. The number of aryl methyl sites for hydroxylation is 1. The first-order valence-corrected chi connectivity index (χ1v) is 8.96. The Hall–Kier alpha value is -3.56. The lowest BCUT2D eigenvalue weighted by molar-refractivity contribution is -0.120. The van der Waals surface area contributed by atoms with Crippen molar-refractivity contribution in [2.45, 2.75) is 19.8 Å². The molecule has 1 aliphatic rings. The van der Waals surface area contributed by atoms with Gasteiger partial charge >= 0.3 is 5.97 Å². The number of carboxylic acid groups (broad SMARTS) is 1. The molecule has 0 radical (unpaired) electrons. The molecule has 10 nitrogen and oxygen atoms in total. The minimum Gasteiger partial charge on any atom is -0.478 e. The Labute approximate surface area is 160 Å². The lowest BCUT2D eigenvalue weighted by Gasteiger charge is -2.31. The van der Waals surface area contributed by atoms with Crippen LogP contribution >= 0.6 is 0 Å². The van der Waals surface area contributed by atoms with Crippen LogP contribution in [0.4, 0.5) is 11.5 Å². The van der Waals surface area contributed by atoms with Gasteiger partial charge in [0.1, 0.15) is 0 Å². The third kappa shape index (κ3) is 3.48. The van der Waals surface area contributed by atoms with E-state index in [1.54, 1.807) is 19.1 Å². The Bertz CT molecular complexity index is 1040. The van der Waals surface area contributed by atoms with E-state index in [1.807, 2.05) is 12.1 Å². The largest absolute Gasteiger partial charge is 0.478 e. The highest BCUT2D eigenvalue weighted by Gasteiger charge is 2.26. The number of nitrogens with one attached hydrogen (secondary N) is 1. The zero-order chi connectivity index (χ0) is 19.7. The summed E-state index contributed by atoms with van der Waals surface area (Å²) in [6.45, 7) is 3.12. The van der Waals surface area contributed by atoms with E-state index in [2.05, 4.69) is 30.8 Å². The number of anilines is 2. The van der Waals surface area contributed by atoms with Gasteiger partial charge in [0.15, 0.2) is 11.5 Å². The molecule has 2 N–H and O–H groups in total. The second-order valence-corrected chi connectivity index (χ2v) is 6.80. The van der Waals surface area contributed by atoms with Gasteiger partial charge in [-0.25, -0.2) is 4.79 Å². The highest BCUT2D eigenvalue weighted by Crippen LogP contribution is 2.24. The Kier molecular flexibility index (Phi) is 4.60. The Morgan fingerprint density at radius 3 is 2.68 bits per heavy atom. The molecule has 0 spiro atoms. The van der Waals surface area contributed by atoms with Gasteiger partial charge in [-0.2, -0.15) is 0 Å². The topological polar surface area (TPSA) is 126 Å². The fourth-order valence-electron chi connectivity index (χ4n) is 3.41. The second-order valence-electron chi connectivity index (χ2n) is 6.80. The molecule has 0 saturated carbocycles. The van der Waals surface area contributed by atoms with E-state index in [-0.39, 0.29) is 17.4 Å². The molecule has 1 aromatic carbocycles. The standard InChI is InChI=1S/C18H19N7O3/c1-11-10-13(2-3-14(11)18(27)28)19-17(26)12-6-8-24(9-7-12)16-5-4-15-20-22-23-25(15)21-16/h2-5,10,12H,6-9H2,1H3,(H,19,26)(H,27,28). The zero-order valence-electron chi connectivity index (χ0n) is 15.2. The van der Waals surface area contributed by atoms with Crippen LogP contribution in [0.3, 0.4) is 0 Å². The Morgan fingerprint density at radius 2 is 1.96 bits per heavy atom. The Morgan fingerprint density at radius 1 is 1.18 bits per heavy atom. The second kappa shape index (κ2) is 7.22. The molecule has 3 heterocycles. The SMILES string of the molecule is Cc1cc(NC(=O)C2CCN(c3ccc4nnnn4n3)CC2)ccc1C(=O)O. The summed E-state index contributed by atoms with van der Waals surface area (Å²) in [6, 6.07) is 8.50. The van der Waals surface area contributed by atoms with E-state index in [9.17, 15) is 9.59 Å². The van der Waals surface area contributed by atoms with Gasteiger partial charge < -0.3 is 15.3 Å². The minimum atomic E-state index is -0.976. The molecule has 10 heteroatoms. The van der Waals surface area contributed by atoms with E-state index in [0.717, 1.165) is 5.82 Å². The van der Waals surface area contributed by atoms with Gasteiger partial charge in [0, 0.05) is 24.7 Å². The maximum atomic E-state index is 12.6. The highest BCUT2D eigenvalue weighted by atomic mass is 16.4. The normalized spacial score (nSPS) is 15.0. The van der Waals surface area contributed by atoms with Crippen LogP contribution < -0.4 is 10.2 Å². The summed E-state index contributed by atoms with van der Waals surface area (Å²) in [4.78, 5) is 25.8. The van der Waals surface area contributed by atoms with Gasteiger partial charge in [0.25, 0.3) is 0 Å². The number of piperidine rings is 1. The van der Waals surface area contributed by atoms with E-state index < -0.39 is 5.97 Å². The number of tetrazole rings is 1. The van der Waals surface area contributed by atoms with Crippen molar-refractivity contribution in [1.29, 1.82) is 0 Å². The summed E-state index contributed by atoms with van der Waals surface area (Å²) in [7, 11) is 0. The average Bonchev–Trinajstić information content (AvgIpc) is 3.15. The van der Waals surface area contributed by atoms with Crippen LogP contribution in [-0.4, -0.2) is 55.3 Å². The van der Waals surface area contributed by atoms with Gasteiger partial charge in [-0.1, -0.05) is 0 Å². The maximum absolute atomic E-state index is 12.6. The van der Waals surface area contributed by atoms with Crippen molar-refractivity contribution in [2.24, 2.45) is 5.92 Å². The maximum Gasteiger partial charge on any atom is 0.335 e. The van der Waals surface area contributed by atoms with Crippen LogP contribution in [0.2, 0.25) is 0 Å². The van der Waals surface area contributed by atoms with Crippen molar-refractivity contribution in [1.82, 2.24) is 25.3 Å². The average molecular weight is 381 g/mol. The fourth-order valence-corrected chi connectivity index (χ4v) is 3.41. The molecular formula is C18H19N7O3. The molecule has 0 unspecified atom stereocenters. The number of hydrogen-bond acceptors (Lipinski definition) is 7. The molecule has 3 aromatic rings. The molecule has 0 atom stereocenters. The number of nitrogens with zero attached hydrogens (tertiary/aromatic N) is 6. The van der Waals surface area contributed by atoms with Crippen molar-refractivity contribution >= 4 is 29.0 Å². The van der Waals surface area contributed by atoms with Crippen LogP contribution in [0.5, 0.6) is 0 Å². The van der Waals surface area contributed by atoms with Crippen LogP contribution in [0, 0.1) is 12.8 Å². The number of carboxylic acids is 1. The van der Waals surface area contributed by atoms with Gasteiger partial charge in [0.2, 0.25) is 5.91 Å². The third-order valence-corrected chi connectivity index (χ3v) is 4.97. The number of hydrogen-bond donors (Lipinski definition) is 2. The van der Waals surface area contributed by atoms with Gasteiger partial charge in [-0.3, -0.25) is 4.79 Å². The van der Waals surface area contributed by atoms with Crippen LogP contribution in [-0.2, 0) is 4.79 Å². The Balaban J connectivity index is 1.37. The fraction of sp³-hybridized carbons (Fsp3) is 0.333. The summed E-state index contributed by atoms with van der Waals surface area (Å²) in [6.07, 6.45) is 1.40. The van der Waals surface area contributed by atoms with E-state index >= 15 is 0 Å². The number of rotatable bonds is 4. The van der Waals surface area contributed by atoms with Gasteiger partial charge in [-0.15, -0.1) is 14.8 Å². The first kappa shape index (κ1) is 17.8. The molecule has 1 saturated heterocycles. The summed E-state index contributed by atoms with van der Waals surface area (Å²) >= 11 is 0. The highest BCUT2D eigenvalue weighted by molar-refractivity contribution is 5.94. The van der Waals surface area contributed by atoms with Crippen molar-refractivity contribution < 1.29 is 14.7 Å². The first-order chi connectivity index (χ1) is 13.5. The van der Waals surface area contributed by atoms with Crippen LogP contribution in [0.1, 0.15) is 28.8 Å². The zero-order valence-corrected chi connectivity index (χ0v) is 15.2. The summed E-state index contributed by atoms with van der Waals surface area (Å²) < 4.78 is 1.39. The summed E-state index contributed by atoms with van der Waals surface area (Å²) in [5.41, 5.74) is 2.05. The number of fused-ring (bicyclic) bond motifs is 1. The summed E-state index contributed by atoms with van der Waals surface area (Å²) in [5.74, 6) is -0.353. The van der Waals surface area contributed by atoms with Crippen molar-refractivity contribution in [3.05, 3.63) is 41.5 Å². The molecule has 2 aromatic heterocycles. The van der Waals surface area contributed by atoms with Gasteiger partial charge in [-0.05, 0) is 66.1 Å². The van der Waals surface area contributed by atoms with Crippen molar-refractivity contribution in [3.8, 4) is 0 Å². The molecule has 144 valence electrons. The predicted octanol–water partition coefficient (Wildman–Crippen LogP) is 1.38. The molecule has 0 bridgehead atoms. The number of carbonyl (C=O) groups excluding carboxylic acids is 1. The van der Waals surface area contributed by atoms with E-state index in [1.165, 1.54) is 10.7 Å². The lowest BCUT2D eigenvalue weighted by atomic mass is 9.95. The van der Waals surface area contributed by atoms with Crippen molar-refractivity contribution in [3.63, 3.8) is 0 Å². The molecule has 1 aliphatic heterocycles. The predicted molar refractivity (Wildman–Crippen MR) is 100 cm³/mol. The number of amides is 1. The molecule has 1 fully saturated rings. The first-order valence-electron chi connectivity index (χ1n) is 8.96. The molecule has 1 amide bonds. The monoisotopic (exact) mass is 381 g/mol. The molecular weight excluding hydrogens is 362 g/mol. The number of aromatic nitrogens is 5. The van der Waals surface area contributed by atoms with Gasteiger partial charge in [0.05, 0.1) is 5.56 Å². The van der Waals surface area contributed by atoms with Crippen LogP contribution in [0.15, 0.2) is 30.3 Å². The molecule has 4 rings (SSSR count). The lowest BCUT2D eigenvalue weighted by Crippen LogP contribution is -2.38. The third-order valence-electron chi connectivity index (χ3n) is 4.97. The number of carbonyl (C=O) groups is 2. The van der Waals surface area contributed by atoms with E-state index in [0.29, 0.717) is 42.8 Å². The smallest absolute Gasteiger partial charge is 0.335 e. The number of benzene rings is 1. The quantitative estimate of drug-likeness (QED) is 0.694. The van der Waals surface area contributed by atoms with Crippen LogP contribution in [0.25, 0.3) is 5.65 Å². The number of aromatic carboxylic acids is 1.